The van der Waals surface area contributed by atoms with E-state index >= 15 is 0 Å². The SMILES string of the molecule is COC(=O)c1cnc(N2CCN(C(C)c3ccc4scnc4c3)CC2)nc1. The zero-order valence-corrected chi connectivity index (χ0v) is 16.1. The van der Waals surface area contributed by atoms with Crippen molar-refractivity contribution in [3.05, 3.63) is 47.2 Å². The van der Waals surface area contributed by atoms with Gasteiger partial charge in [-0.15, -0.1) is 11.3 Å². The Morgan fingerprint density at radius 2 is 1.89 bits per heavy atom. The quantitative estimate of drug-likeness (QED) is 0.642. The summed E-state index contributed by atoms with van der Waals surface area (Å²) in [4.78, 5) is 29.2. The summed E-state index contributed by atoms with van der Waals surface area (Å²) < 4.78 is 5.91. The molecule has 1 unspecified atom stereocenters. The van der Waals surface area contributed by atoms with Crippen LogP contribution in [0.5, 0.6) is 0 Å². The fraction of sp³-hybridized carbons (Fsp3) is 0.368. The first-order valence-electron chi connectivity index (χ1n) is 8.88. The first-order valence-corrected chi connectivity index (χ1v) is 9.76. The third-order valence-electron chi connectivity index (χ3n) is 5.04. The lowest BCUT2D eigenvalue weighted by Crippen LogP contribution is -2.47. The molecule has 0 radical (unpaired) electrons. The van der Waals surface area contributed by atoms with Gasteiger partial charge in [0.1, 0.15) is 0 Å². The minimum absolute atomic E-state index is 0.334. The fourth-order valence-electron chi connectivity index (χ4n) is 3.36. The number of thiazole rings is 1. The van der Waals surface area contributed by atoms with Crippen molar-refractivity contribution in [2.75, 3.05) is 38.2 Å². The van der Waals surface area contributed by atoms with Crippen LogP contribution in [-0.2, 0) is 4.74 Å². The van der Waals surface area contributed by atoms with Gasteiger partial charge >= 0.3 is 5.97 Å². The van der Waals surface area contributed by atoms with Crippen molar-refractivity contribution in [2.45, 2.75) is 13.0 Å². The monoisotopic (exact) mass is 383 g/mol. The second kappa shape index (κ2) is 7.58. The van der Waals surface area contributed by atoms with Gasteiger partial charge in [-0.2, -0.15) is 0 Å². The second-order valence-electron chi connectivity index (χ2n) is 6.54. The number of methoxy groups -OCH3 is 1. The highest BCUT2D eigenvalue weighted by atomic mass is 32.1. The van der Waals surface area contributed by atoms with E-state index in [-0.39, 0.29) is 0 Å². The van der Waals surface area contributed by atoms with Crippen molar-refractivity contribution in [2.24, 2.45) is 0 Å². The van der Waals surface area contributed by atoms with Gasteiger partial charge in [0.25, 0.3) is 0 Å². The molecule has 0 saturated carbocycles. The number of esters is 1. The highest BCUT2D eigenvalue weighted by Crippen LogP contribution is 2.27. The van der Waals surface area contributed by atoms with Crippen LogP contribution in [0.3, 0.4) is 0 Å². The second-order valence-corrected chi connectivity index (χ2v) is 7.43. The molecular weight excluding hydrogens is 362 g/mol. The van der Waals surface area contributed by atoms with Crippen molar-refractivity contribution in [3.63, 3.8) is 0 Å². The van der Waals surface area contributed by atoms with E-state index in [1.54, 1.807) is 11.3 Å². The van der Waals surface area contributed by atoms with Crippen LogP contribution in [0.25, 0.3) is 10.2 Å². The number of carbonyl (C=O) groups is 1. The Morgan fingerprint density at radius 1 is 1.15 bits per heavy atom. The van der Waals surface area contributed by atoms with E-state index < -0.39 is 5.97 Å². The van der Waals surface area contributed by atoms with E-state index in [0.717, 1.165) is 31.7 Å². The van der Waals surface area contributed by atoms with Crippen LogP contribution in [-0.4, -0.2) is 59.1 Å². The van der Waals surface area contributed by atoms with Gasteiger partial charge in [0.2, 0.25) is 5.95 Å². The zero-order chi connectivity index (χ0) is 18.8. The molecule has 3 aromatic rings. The predicted molar refractivity (Wildman–Crippen MR) is 105 cm³/mol. The highest BCUT2D eigenvalue weighted by molar-refractivity contribution is 7.16. The van der Waals surface area contributed by atoms with Gasteiger partial charge in [0.15, 0.2) is 0 Å². The van der Waals surface area contributed by atoms with Crippen molar-refractivity contribution in [1.29, 1.82) is 0 Å². The lowest BCUT2D eigenvalue weighted by Gasteiger charge is -2.38. The number of ether oxygens (including phenoxy) is 1. The number of hydrogen-bond acceptors (Lipinski definition) is 8. The predicted octanol–water partition coefficient (Wildman–Crippen LogP) is 2.76. The van der Waals surface area contributed by atoms with E-state index in [1.165, 1.54) is 29.8 Å². The molecule has 3 heterocycles. The Morgan fingerprint density at radius 3 is 2.59 bits per heavy atom. The van der Waals surface area contributed by atoms with Crippen LogP contribution in [0.1, 0.15) is 28.9 Å². The summed E-state index contributed by atoms with van der Waals surface area (Å²) in [6.07, 6.45) is 3.04. The molecule has 1 aromatic carbocycles. The summed E-state index contributed by atoms with van der Waals surface area (Å²) in [5.41, 5.74) is 4.62. The molecule has 1 aliphatic heterocycles. The van der Waals surface area contributed by atoms with Gasteiger partial charge in [-0.25, -0.2) is 19.7 Å². The molecule has 0 spiro atoms. The van der Waals surface area contributed by atoms with Gasteiger partial charge in [-0.1, -0.05) is 6.07 Å². The minimum Gasteiger partial charge on any atom is -0.465 e. The molecule has 0 bridgehead atoms. The van der Waals surface area contributed by atoms with Crippen LogP contribution in [0.15, 0.2) is 36.1 Å². The molecule has 1 fully saturated rings. The fourth-order valence-corrected chi connectivity index (χ4v) is 4.02. The number of aromatic nitrogens is 3. The maximum atomic E-state index is 11.5. The normalized spacial score (nSPS) is 16.4. The van der Waals surface area contributed by atoms with E-state index in [4.69, 9.17) is 0 Å². The smallest absolute Gasteiger partial charge is 0.341 e. The van der Waals surface area contributed by atoms with Crippen LogP contribution >= 0.6 is 11.3 Å². The largest absolute Gasteiger partial charge is 0.465 e. The molecule has 1 aliphatic rings. The highest BCUT2D eigenvalue weighted by Gasteiger charge is 2.24. The average Bonchev–Trinajstić information content (AvgIpc) is 3.21. The lowest BCUT2D eigenvalue weighted by molar-refractivity contribution is 0.0599. The van der Waals surface area contributed by atoms with Crippen molar-refractivity contribution >= 4 is 33.5 Å². The van der Waals surface area contributed by atoms with Gasteiger partial charge < -0.3 is 9.64 Å². The summed E-state index contributed by atoms with van der Waals surface area (Å²) in [7, 11) is 1.35. The number of fused-ring (bicyclic) bond motifs is 1. The summed E-state index contributed by atoms with van der Waals surface area (Å²) in [6.45, 7) is 5.79. The number of hydrogen-bond donors (Lipinski definition) is 0. The molecule has 7 nitrogen and oxygen atoms in total. The number of carbonyl (C=O) groups excluding carboxylic acids is 1. The van der Waals surface area contributed by atoms with Crippen LogP contribution in [0.4, 0.5) is 5.95 Å². The number of benzene rings is 1. The third-order valence-corrected chi connectivity index (χ3v) is 5.85. The molecule has 1 atom stereocenters. The van der Waals surface area contributed by atoms with Gasteiger partial charge in [0, 0.05) is 44.6 Å². The van der Waals surface area contributed by atoms with Crippen molar-refractivity contribution < 1.29 is 9.53 Å². The van der Waals surface area contributed by atoms with E-state index in [2.05, 4.69) is 54.6 Å². The van der Waals surface area contributed by atoms with Crippen LogP contribution in [0.2, 0.25) is 0 Å². The van der Waals surface area contributed by atoms with Gasteiger partial charge in [-0.3, -0.25) is 4.90 Å². The van der Waals surface area contributed by atoms with Crippen LogP contribution < -0.4 is 4.90 Å². The molecule has 4 rings (SSSR count). The molecule has 2 aromatic heterocycles. The molecule has 0 amide bonds. The summed E-state index contributed by atoms with van der Waals surface area (Å²) in [5.74, 6) is 0.233. The van der Waals surface area contributed by atoms with Crippen molar-refractivity contribution in [1.82, 2.24) is 19.9 Å². The molecule has 0 N–H and O–H groups in total. The molecule has 8 heteroatoms. The Hall–Kier alpha value is -2.58. The first kappa shape index (κ1) is 17.8. The summed E-state index contributed by atoms with van der Waals surface area (Å²) >= 11 is 1.67. The number of rotatable bonds is 4. The third kappa shape index (κ3) is 3.63. The van der Waals surface area contributed by atoms with Crippen LogP contribution in [0, 0.1) is 0 Å². The molecule has 27 heavy (non-hydrogen) atoms. The number of anilines is 1. The van der Waals surface area contributed by atoms with Crippen molar-refractivity contribution in [3.8, 4) is 0 Å². The zero-order valence-electron chi connectivity index (χ0n) is 15.3. The number of piperazine rings is 1. The Bertz CT molecular complexity index is 935. The van der Waals surface area contributed by atoms with E-state index in [9.17, 15) is 4.79 Å². The maximum absolute atomic E-state index is 11.5. The molecule has 140 valence electrons. The topological polar surface area (TPSA) is 71.5 Å². The minimum atomic E-state index is -0.419. The lowest BCUT2D eigenvalue weighted by atomic mass is 10.1. The maximum Gasteiger partial charge on any atom is 0.341 e. The Balaban J connectivity index is 1.40. The Kier molecular flexibility index (Phi) is 5.00. The summed E-state index contributed by atoms with van der Waals surface area (Å²) in [5, 5.41) is 0. The number of nitrogens with zero attached hydrogens (tertiary/aromatic N) is 5. The molecule has 1 saturated heterocycles. The first-order chi connectivity index (χ1) is 13.2. The Labute approximate surface area is 161 Å². The van der Waals surface area contributed by atoms with Gasteiger partial charge in [-0.05, 0) is 24.6 Å². The standard InChI is InChI=1S/C19H21N5O2S/c1-13(14-3-4-17-16(9-14)22-12-27-17)23-5-7-24(8-6-23)19-20-10-15(11-21-19)18(25)26-2/h3-4,9-13H,5-8H2,1-2H3. The van der Waals surface area contributed by atoms with Gasteiger partial charge in [0.05, 0.1) is 28.4 Å². The van der Waals surface area contributed by atoms with E-state index in [1.807, 2.05) is 5.51 Å². The summed E-state index contributed by atoms with van der Waals surface area (Å²) in [6, 6.07) is 6.89. The van der Waals surface area contributed by atoms with E-state index in [0.29, 0.717) is 17.6 Å². The average molecular weight is 383 g/mol. The molecular formula is C19H21N5O2S. The molecule has 0 aliphatic carbocycles.